The molecule has 0 aromatic rings. The third-order valence-corrected chi connectivity index (χ3v) is 7.68. The van der Waals surface area contributed by atoms with Crippen LogP contribution in [0.15, 0.2) is 11.6 Å². The Morgan fingerprint density at radius 3 is 2.86 bits per heavy atom. The van der Waals surface area contributed by atoms with Crippen LogP contribution in [0.3, 0.4) is 0 Å². The van der Waals surface area contributed by atoms with E-state index in [0.717, 1.165) is 25.7 Å². The molecule has 0 bridgehead atoms. The molecule has 0 unspecified atom stereocenters. The molecule has 7 atom stereocenters. The number of hydrogen-bond acceptors (Lipinski definition) is 2. The molecule has 0 amide bonds. The van der Waals surface area contributed by atoms with Gasteiger partial charge in [-0.2, -0.15) is 0 Å². The molecule has 0 spiro atoms. The molecule has 0 heterocycles. The van der Waals surface area contributed by atoms with Gasteiger partial charge in [0.2, 0.25) is 0 Å². The highest BCUT2D eigenvalue weighted by Crippen LogP contribution is 2.62. The summed E-state index contributed by atoms with van der Waals surface area (Å²) in [5.74, 6) is 2.41. The minimum Gasteiger partial charge on any atom is -0.393 e. The van der Waals surface area contributed by atoms with Gasteiger partial charge in [-0.3, -0.25) is 0 Å². The zero-order valence-corrected chi connectivity index (χ0v) is 13.3. The van der Waals surface area contributed by atoms with Crippen molar-refractivity contribution in [2.75, 3.05) is 0 Å². The molecule has 2 heteroatoms. The maximum Gasteiger partial charge on any atom is 0.0600 e. The van der Waals surface area contributed by atoms with Gasteiger partial charge in [0.15, 0.2) is 0 Å². The van der Waals surface area contributed by atoms with Gasteiger partial charge in [-0.15, -0.1) is 0 Å². The molecule has 3 fully saturated rings. The van der Waals surface area contributed by atoms with Crippen molar-refractivity contribution in [2.45, 2.75) is 76.9 Å². The predicted octanol–water partition coefficient (Wildman–Crippen LogP) is 3.67. The first-order valence-corrected chi connectivity index (χ1v) is 9.22. The van der Waals surface area contributed by atoms with Crippen LogP contribution in [-0.4, -0.2) is 22.4 Å². The van der Waals surface area contributed by atoms with E-state index in [1.807, 2.05) is 0 Å². The smallest absolute Gasteiger partial charge is 0.0600 e. The van der Waals surface area contributed by atoms with Gasteiger partial charge in [-0.25, -0.2) is 0 Å². The van der Waals surface area contributed by atoms with Crippen LogP contribution in [0.1, 0.15) is 64.7 Å². The first kappa shape index (κ1) is 14.3. The van der Waals surface area contributed by atoms with Gasteiger partial charge in [0, 0.05) is 5.41 Å². The average Bonchev–Trinajstić information content (AvgIpc) is 2.84. The van der Waals surface area contributed by atoms with E-state index in [0.29, 0.717) is 23.7 Å². The number of fused-ring (bicyclic) bond motifs is 5. The minimum atomic E-state index is -0.189. The largest absolute Gasteiger partial charge is 0.393 e. The molecule has 0 saturated heterocycles. The maximum atomic E-state index is 11.0. The van der Waals surface area contributed by atoms with Gasteiger partial charge in [-0.1, -0.05) is 25.0 Å². The summed E-state index contributed by atoms with van der Waals surface area (Å²) in [7, 11) is 0. The summed E-state index contributed by atoms with van der Waals surface area (Å²) in [4.78, 5) is 0. The highest BCUT2D eigenvalue weighted by molar-refractivity contribution is 5.20. The van der Waals surface area contributed by atoms with Crippen LogP contribution in [-0.2, 0) is 0 Å². The maximum absolute atomic E-state index is 11.0. The number of aliphatic hydroxyl groups is 2. The Kier molecular flexibility index (Phi) is 3.46. The van der Waals surface area contributed by atoms with Gasteiger partial charge < -0.3 is 10.2 Å². The van der Waals surface area contributed by atoms with Gasteiger partial charge >= 0.3 is 0 Å². The number of hydrogen-bond donors (Lipinski definition) is 2. The van der Waals surface area contributed by atoms with E-state index in [1.165, 1.54) is 32.1 Å². The lowest BCUT2D eigenvalue weighted by Crippen LogP contribution is -2.54. The van der Waals surface area contributed by atoms with Crippen LogP contribution in [0.5, 0.6) is 0 Å². The molecule has 118 valence electrons. The summed E-state index contributed by atoms with van der Waals surface area (Å²) in [5, 5.41) is 21.6. The van der Waals surface area contributed by atoms with Crippen molar-refractivity contribution in [1.82, 2.24) is 0 Å². The highest BCUT2D eigenvalue weighted by Gasteiger charge is 2.59. The molecule has 0 aliphatic heterocycles. The van der Waals surface area contributed by atoms with E-state index in [2.05, 4.69) is 13.0 Å². The molecule has 4 rings (SSSR count). The Labute approximate surface area is 128 Å². The van der Waals surface area contributed by atoms with E-state index < -0.39 is 0 Å². The molecule has 0 aromatic heterocycles. The summed E-state index contributed by atoms with van der Waals surface area (Å²) in [6, 6.07) is 0. The van der Waals surface area contributed by atoms with Crippen molar-refractivity contribution in [3.05, 3.63) is 11.6 Å². The van der Waals surface area contributed by atoms with E-state index in [9.17, 15) is 10.2 Å². The van der Waals surface area contributed by atoms with Gasteiger partial charge in [0.1, 0.15) is 0 Å². The Hall–Kier alpha value is -0.340. The Balaban J connectivity index is 1.70. The van der Waals surface area contributed by atoms with Crippen molar-refractivity contribution in [3.8, 4) is 0 Å². The van der Waals surface area contributed by atoms with Crippen LogP contribution in [0.25, 0.3) is 0 Å². The third-order valence-electron chi connectivity index (χ3n) is 7.68. The van der Waals surface area contributed by atoms with Crippen molar-refractivity contribution < 1.29 is 10.2 Å². The second-order valence-corrected chi connectivity index (χ2v) is 8.17. The fourth-order valence-corrected chi connectivity index (χ4v) is 6.74. The van der Waals surface area contributed by atoms with Gasteiger partial charge in [0.25, 0.3) is 0 Å². The molecule has 0 radical (unpaired) electrons. The average molecular weight is 290 g/mol. The summed E-state index contributed by atoms with van der Waals surface area (Å²) in [6.07, 6.45) is 12.6. The molecular weight excluding hydrogens is 260 g/mol. The van der Waals surface area contributed by atoms with Crippen molar-refractivity contribution in [2.24, 2.45) is 29.1 Å². The zero-order chi connectivity index (χ0) is 14.6. The molecule has 21 heavy (non-hydrogen) atoms. The summed E-state index contributed by atoms with van der Waals surface area (Å²) < 4.78 is 0. The number of aliphatic hydroxyl groups excluding tert-OH is 2. The van der Waals surface area contributed by atoms with E-state index in [4.69, 9.17) is 0 Å². The second kappa shape index (κ2) is 5.09. The van der Waals surface area contributed by atoms with Crippen LogP contribution >= 0.6 is 0 Å². The molecule has 4 aliphatic rings. The quantitative estimate of drug-likeness (QED) is 0.723. The SMILES string of the molecule is CC[C@]12C[C@@H](O)[C@H]3[C@@H](CC=C4CCCC[C@@H]43)[C@@H]1CC[C@@H]2O. The molecule has 2 N–H and O–H groups in total. The van der Waals surface area contributed by atoms with Crippen LogP contribution in [0.4, 0.5) is 0 Å². The number of allylic oxidation sites excluding steroid dienone is 2. The predicted molar refractivity (Wildman–Crippen MR) is 83.7 cm³/mol. The standard InChI is InChI=1S/C19H30O2/c1-2-19-11-16(20)18-13-6-4-3-5-12(13)7-8-14(18)15(19)9-10-17(19)21/h7,13-18,20-21H,2-6,8-11H2,1H3/t13-,14-,15-,16+,17-,18+,19-/m0/s1. The zero-order valence-electron chi connectivity index (χ0n) is 13.3. The normalized spacial score (nSPS) is 52.6. The fraction of sp³-hybridized carbons (Fsp3) is 0.895. The third kappa shape index (κ3) is 1.91. The molecule has 4 aliphatic carbocycles. The topological polar surface area (TPSA) is 40.5 Å². The highest BCUT2D eigenvalue weighted by atomic mass is 16.3. The summed E-state index contributed by atoms with van der Waals surface area (Å²) in [6.45, 7) is 2.22. The molecular formula is C19H30O2. The summed E-state index contributed by atoms with van der Waals surface area (Å²) >= 11 is 0. The van der Waals surface area contributed by atoms with Gasteiger partial charge in [-0.05, 0) is 75.0 Å². The molecule has 2 nitrogen and oxygen atoms in total. The lowest BCUT2D eigenvalue weighted by Gasteiger charge is -2.55. The fourth-order valence-electron chi connectivity index (χ4n) is 6.74. The Bertz CT molecular complexity index is 443. The van der Waals surface area contributed by atoms with Crippen molar-refractivity contribution >= 4 is 0 Å². The van der Waals surface area contributed by atoms with Crippen molar-refractivity contribution in [3.63, 3.8) is 0 Å². The first-order valence-electron chi connectivity index (χ1n) is 9.22. The number of rotatable bonds is 1. The molecule has 3 saturated carbocycles. The van der Waals surface area contributed by atoms with Crippen LogP contribution in [0, 0.1) is 29.1 Å². The van der Waals surface area contributed by atoms with Crippen LogP contribution < -0.4 is 0 Å². The first-order chi connectivity index (χ1) is 10.2. The lowest BCUT2D eigenvalue weighted by atomic mass is 9.51. The second-order valence-electron chi connectivity index (χ2n) is 8.17. The Morgan fingerprint density at radius 2 is 2.05 bits per heavy atom. The van der Waals surface area contributed by atoms with E-state index >= 15 is 0 Å². The lowest BCUT2D eigenvalue weighted by molar-refractivity contribution is -0.123. The van der Waals surface area contributed by atoms with E-state index in [1.54, 1.807) is 5.57 Å². The van der Waals surface area contributed by atoms with Gasteiger partial charge in [0.05, 0.1) is 12.2 Å². The molecule has 0 aromatic carbocycles. The van der Waals surface area contributed by atoms with E-state index in [-0.39, 0.29) is 17.6 Å². The van der Waals surface area contributed by atoms with Crippen molar-refractivity contribution in [1.29, 1.82) is 0 Å². The Morgan fingerprint density at radius 1 is 1.19 bits per heavy atom. The summed E-state index contributed by atoms with van der Waals surface area (Å²) in [5.41, 5.74) is 1.67. The monoisotopic (exact) mass is 290 g/mol. The minimum absolute atomic E-state index is 0.0145. The van der Waals surface area contributed by atoms with Crippen LogP contribution in [0.2, 0.25) is 0 Å².